The van der Waals surface area contributed by atoms with Crippen molar-refractivity contribution in [3.8, 4) is 0 Å². The monoisotopic (exact) mass is 199 g/mol. The Morgan fingerprint density at radius 1 is 1.21 bits per heavy atom. The summed E-state index contributed by atoms with van der Waals surface area (Å²) in [6.07, 6.45) is 0. The van der Waals surface area contributed by atoms with E-state index in [9.17, 15) is 0 Å². The Morgan fingerprint density at radius 2 is 1.79 bits per heavy atom. The molecular formula is C11H25N3. The van der Waals surface area contributed by atoms with Crippen LogP contribution >= 0.6 is 0 Å². The molecule has 14 heavy (non-hydrogen) atoms. The molecule has 0 aromatic heterocycles. The second-order valence-electron chi connectivity index (χ2n) is 4.67. The summed E-state index contributed by atoms with van der Waals surface area (Å²) in [4.78, 5) is 5.00. The molecule has 84 valence electrons. The molecule has 1 aliphatic rings. The van der Waals surface area contributed by atoms with Gasteiger partial charge in [-0.1, -0.05) is 0 Å². The van der Waals surface area contributed by atoms with Gasteiger partial charge in [0.2, 0.25) is 0 Å². The first-order valence-corrected chi connectivity index (χ1v) is 5.76. The number of hydrogen-bond acceptors (Lipinski definition) is 3. The van der Waals surface area contributed by atoms with E-state index in [1.807, 2.05) is 0 Å². The fraction of sp³-hybridized carbons (Fsp3) is 1.00. The van der Waals surface area contributed by atoms with E-state index in [4.69, 9.17) is 0 Å². The maximum Gasteiger partial charge on any atom is 0.0195 e. The summed E-state index contributed by atoms with van der Waals surface area (Å²) >= 11 is 0. The smallest absolute Gasteiger partial charge is 0.0195 e. The number of nitrogens with zero attached hydrogens (tertiary/aromatic N) is 2. The molecule has 0 aromatic rings. The molecule has 3 nitrogen and oxygen atoms in total. The van der Waals surface area contributed by atoms with Crippen LogP contribution in [0.2, 0.25) is 0 Å². The van der Waals surface area contributed by atoms with Crippen molar-refractivity contribution in [2.75, 3.05) is 39.8 Å². The van der Waals surface area contributed by atoms with Crippen molar-refractivity contribution in [3.05, 3.63) is 0 Å². The average molecular weight is 199 g/mol. The van der Waals surface area contributed by atoms with Gasteiger partial charge in [0.05, 0.1) is 0 Å². The third-order valence-corrected chi connectivity index (χ3v) is 3.21. The van der Waals surface area contributed by atoms with E-state index in [1.54, 1.807) is 0 Å². The highest BCUT2D eigenvalue weighted by Gasteiger charge is 2.18. The molecule has 0 spiro atoms. The molecule has 0 bridgehead atoms. The lowest BCUT2D eigenvalue weighted by molar-refractivity contribution is 0.134. The summed E-state index contributed by atoms with van der Waals surface area (Å²) in [5, 5.41) is 3.39. The van der Waals surface area contributed by atoms with Crippen molar-refractivity contribution in [1.29, 1.82) is 0 Å². The summed E-state index contributed by atoms with van der Waals surface area (Å²) in [7, 11) is 2.21. The van der Waals surface area contributed by atoms with Crippen LogP contribution < -0.4 is 5.32 Å². The number of likely N-dealkylation sites (N-methyl/N-ethyl adjacent to an activating group) is 1. The van der Waals surface area contributed by atoms with Gasteiger partial charge in [0.1, 0.15) is 0 Å². The molecular weight excluding hydrogens is 174 g/mol. The van der Waals surface area contributed by atoms with E-state index in [-0.39, 0.29) is 0 Å². The molecule has 1 unspecified atom stereocenters. The Balaban J connectivity index is 2.28. The van der Waals surface area contributed by atoms with Crippen LogP contribution in [0.15, 0.2) is 0 Å². The molecule has 0 aliphatic carbocycles. The van der Waals surface area contributed by atoms with Crippen molar-refractivity contribution in [2.45, 2.75) is 32.9 Å². The SMILES string of the molecule is CC(C)N(C)CC(C)N1CCNCC1. The lowest BCUT2D eigenvalue weighted by Gasteiger charge is -2.35. The maximum atomic E-state index is 3.39. The standard InChI is InChI=1S/C11H25N3/c1-10(2)13(4)9-11(3)14-7-5-12-6-8-14/h10-12H,5-9H2,1-4H3. The Hall–Kier alpha value is -0.120. The molecule has 1 aliphatic heterocycles. The van der Waals surface area contributed by atoms with Crippen LogP contribution in [0.5, 0.6) is 0 Å². The van der Waals surface area contributed by atoms with Crippen LogP contribution in [0.25, 0.3) is 0 Å². The topological polar surface area (TPSA) is 18.5 Å². The first-order chi connectivity index (χ1) is 6.61. The van der Waals surface area contributed by atoms with Crippen molar-refractivity contribution >= 4 is 0 Å². The molecule has 0 radical (unpaired) electrons. The number of nitrogens with one attached hydrogen (secondary N) is 1. The minimum atomic E-state index is 0.653. The second kappa shape index (κ2) is 5.69. The minimum absolute atomic E-state index is 0.653. The summed E-state index contributed by atoms with van der Waals surface area (Å²) in [6.45, 7) is 12.7. The Morgan fingerprint density at radius 3 is 2.29 bits per heavy atom. The molecule has 0 amide bonds. The van der Waals surface area contributed by atoms with Gasteiger partial charge in [-0.2, -0.15) is 0 Å². The van der Waals surface area contributed by atoms with Crippen LogP contribution in [-0.4, -0.2) is 61.7 Å². The minimum Gasteiger partial charge on any atom is -0.314 e. The van der Waals surface area contributed by atoms with Gasteiger partial charge in [0.15, 0.2) is 0 Å². The normalized spacial score (nSPS) is 21.9. The number of hydrogen-bond donors (Lipinski definition) is 1. The van der Waals surface area contributed by atoms with Crippen LogP contribution in [0.3, 0.4) is 0 Å². The van der Waals surface area contributed by atoms with Gasteiger partial charge in [0, 0.05) is 44.8 Å². The molecule has 1 heterocycles. The predicted molar refractivity (Wildman–Crippen MR) is 61.7 cm³/mol. The predicted octanol–water partition coefficient (Wildman–Crippen LogP) is 0.620. The lowest BCUT2D eigenvalue weighted by Crippen LogP contribution is -2.51. The summed E-state index contributed by atoms with van der Waals surface area (Å²) < 4.78 is 0. The van der Waals surface area contributed by atoms with Crippen molar-refractivity contribution in [3.63, 3.8) is 0 Å². The summed E-state index contributed by atoms with van der Waals surface area (Å²) in [5.74, 6) is 0. The fourth-order valence-corrected chi connectivity index (χ4v) is 1.87. The quantitative estimate of drug-likeness (QED) is 0.716. The van der Waals surface area contributed by atoms with E-state index in [2.05, 4.69) is 42.9 Å². The Kier molecular flexibility index (Phi) is 4.85. The number of piperazine rings is 1. The third-order valence-electron chi connectivity index (χ3n) is 3.21. The Labute approximate surface area is 88.5 Å². The zero-order valence-electron chi connectivity index (χ0n) is 10.1. The van der Waals surface area contributed by atoms with E-state index in [0.717, 1.165) is 13.1 Å². The molecule has 1 rings (SSSR count). The van der Waals surface area contributed by atoms with Gasteiger partial charge in [0.25, 0.3) is 0 Å². The highest BCUT2D eigenvalue weighted by atomic mass is 15.2. The molecule has 0 aromatic carbocycles. The fourth-order valence-electron chi connectivity index (χ4n) is 1.87. The third kappa shape index (κ3) is 3.56. The molecule has 3 heteroatoms. The van der Waals surface area contributed by atoms with Crippen LogP contribution in [0.1, 0.15) is 20.8 Å². The zero-order chi connectivity index (χ0) is 10.6. The highest BCUT2D eigenvalue weighted by molar-refractivity contribution is 4.76. The number of rotatable bonds is 4. The van der Waals surface area contributed by atoms with Crippen molar-refractivity contribution < 1.29 is 0 Å². The van der Waals surface area contributed by atoms with Crippen molar-refractivity contribution in [1.82, 2.24) is 15.1 Å². The van der Waals surface area contributed by atoms with E-state index in [1.165, 1.54) is 19.6 Å². The molecule has 1 fully saturated rings. The van der Waals surface area contributed by atoms with Gasteiger partial charge < -0.3 is 10.2 Å². The molecule has 1 N–H and O–H groups in total. The lowest BCUT2D eigenvalue weighted by atomic mass is 10.2. The van der Waals surface area contributed by atoms with Crippen LogP contribution in [0, 0.1) is 0 Å². The largest absolute Gasteiger partial charge is 0.314 e. The van der Waals surface area contributed by atoms with Gasteiger partial charge in [-0.15, -0.1) is 0 Å². The highest BCUT2D eigenvalue weighted by Crippen LogP contribution is 2.04. The van der Waals surface area contributed by atoms with Gasteiger partial charge in [-0.05, 0) is 27.8 Å². The van der Waals surface area contributed by atoms with Gasteiger partial charge in [-0.3, -0.25) is 4.90 Å². The van der Waals surface area contributed by atoms with E-state index >= 15 is 0 Å². The first-order valence-electron chi connectivity index (χ1n) is 5.76. The average Bonchev–Trinajstić information content (AvgIpc) is 2.19. The zero-order valence-corrected chi connectivity index (χ0v) is 10.1. The Bertz CT molecular complexity index is 153. The molecule has 1 atom stereocenters. The van der Waals surface area contributed by atoms with E-state index < -0.39 is 0 Å². The van der Waals surface area contributed by atoms with Gasteiger partial charge in [-0.25, -0.2) is 0 Å². The summed E-state index contributed by atoms with van der Waals surface area (Å²) in [5.41, 5.74) is 0. The summed E-state index contributed by atoms with van der Waals surface area (Å²) in [6, 6.07) is 1.34. The maximum absolute atomic E-state index is 3.39. The van der Waals surface area contributed by atoms with E-state index in [0.29, 0.717) is 12.1 Å². The first kappa shape index (κ1) is 12.0. The van der Waals surface area contributed by atoms with Gasteiger partial charge >= 0.3 is 0 Å². The second-order valence-corrected chi connectivity index (χ2v) is 4.67. The molecule has 1 saturated heterocycles. The van der Waals surface area contributed by atoms with Crippen LogP contribution in [0.4, 0.5) is 0 Å². The van der Waals surface area contributed by atoms with Crippen LogP contribution in [-0.2, 0) is 0 Å². The molecule has 0 saturated carbocycles. The van der Waals surface area contributed by atoms with Crippen molar-refractivity contribution in [2.24, 2.45) is 0 Å².